The van der Waals surface area contributed by atoms with Crippen LogP contribution in [0.15, 0.2) is 54.6 Å². The third-order valence-corrected chi connectivity index (χ3v) is 6.42. The molecule has 3 aromatic rings. The second-order valence-corrected chi connectivity index (χ2v) is 8.46. The third kappa shape index (κ3) is 4.07. The number of benzene rings is 2. The number of aromatic nitrogens is 3. The Morgan fingerprint density at radius 2 is 1.84 bits per heavy atom. The summed E-state index contributed by atoms with van der Waals surface area (Å²) in [6.45, 7) is 3.62. The summed E-state index contributed by atoms with van der Waals surface area (Å²) in [5.41, 5.74) is 3.84. The number of aryl methyl sites for hydroxylation is 1. The van der Waals surface area contributed by atoms with Gasteiger partial charge in [0.15, 0.2) is 5.82 Å². The Labute approximate surface area is 183 Å². The highest BCUT2D eigenvalue weighted by atomic mass is 16.1. The van der Waals surface area contributed by atoms with Crippen LogP contribution in [-0.4, -0.2) is 40.3 Å². The van der Waals surface area contributed by atoms with Crippen molar-refractivity contribution >= 4 is 11.6 Å². The lowest BCUT2D eigenvalue weighted by atomic mass is 9.97. The molecule has 6 nitrogen and oxygen atoms in total. The lowest BCUT2D eigenvalue weighted by molar-refractivity contribution is -0.123. The van der Waals surface area contributed by atoms with Gasteiger partial charge < -0.3 is 14.8 Å². The van der Waals surface area contributed by atoms with E-state index in [1.54, 1.807) is 0 Å². The molecule has 0 radical (unpaired) electrons. The van der Waals surface area contributed by atoms with E-state index in [0.29, 0.717) is 6.54 Å². The highest BCUT2D eigenvalue weighted by Gasteiger charge is 2.30. The van der Waals surface area contributed by atoms with Gasteiger partial charge in [0.05, 0.1) is 5.92 Å². The van der Waals surface area contributed by atoms with Crippen molar-refractivity contribution in [2.45, 2.75) is 44.6 Å². The van der Waals surface area contributed by atoms with E-state index in [2.05, 4.69) is 49.2 Å². The second-order valence-electron chi connectivity index (χ2n) is 8.46. The van der Waals surface area contributed by atoms with Gasteiger partial charge >= 0.3 is 0 Å². The van der Waals surface area contributed by atoms with Crippen LogP contribution in [0.5, 0.6) is 0 Å². The Morgan fingerprint density at radius 3 is 2.74 bits per heavy atom. The third-order valence-electron chi connectivity index (χ3n) is 6.42. The van der Waals surface area contributed by atoms with E-state index in [0.717, 1.165) is 62.5 Å². The molecule has 5 rings (SSSR count). The average molecular weight is 416 g/mol. The van der Waals surface area contributed by atoms with E-state index < -0.39 is 0 Å². The smallest absolute Gasteiger partial charge is 0.230 e. The van der Waals surface area contributed by atoms with Gasteiger partial charge in [-0.05, 0) is 43.7 Å². The quantitative estimate of drug-likeness (QED) is 0.623. The molecule has 2 aliphatic heterocycles. The van der Waals surface area contributed by atoms with E-state index in [1.165, 1.54) is 17.7 Å². The summed E-state index contributed by atoms with van der Waals surface area (Å²) >= 11 is 0. The van der Waals surface area contributed by atoms with E-state index in [9.17, 15) is 4.79 Å². The van der Waals surface area contributed by atoms with Gasteiger partial charge in [0.2, 0.25) is 5.91 Å². The maximum absolute atomic E-state index is 13.0. The van der Waals surface area contributed by atoms with Gasteiger partial charge in [0.25, 0.3) is 0 Å². The molecule has 1 unspecified atom stereocenters. The van der Waals surface area contributed by atoms with Crippen molar-refractivity contribution in [3.05, 3.63) is 66.0 Å². The van der Waals surface area contributed by atoms with Crippen LogP contribution in [-0.2, 0) is 17.8 Å². The summed E-state index contributed by atoms with van der Waals surface area (Å²) in [4.78, 5) is 15.4. The number of nitrogens with zero attached hydrogens (tertiary/aromatic N) is 4. The maximum Gasteiger partial charge on any atom is 0.230 e. The highest BCUT2D eigenvalue weighted by molar-refractivity contribution is 5.83. The minimum absolute atomic E-state index is 0.0759. The van der Waals surface area contributed by atoms with Gasteiger partial charge in [-0.25, -0.2) is 0 Å². The van der Waals surface area contributed by atoms with Crippen LogP contribution in [0, 0.1) is 0 Å². The minimum atomic E-state index is -0.213. The molecule has 0 bridgehead atoms. The SMILES string of the molecule is O=C(NCCCN1CCCc2ccccc21)C1CCCn2c(-c3ccccc3)nnc21. The second kappa shape index (κ2) is 8.92. The van der Waals surface area contributed by atoms with Gasteiger partial charge in [0.1, 0.15) is 5.82 Å². The average Bonchev–Trinajstić information content (AvgIpc) is 3.26. The number of fused-ring (bicyclic) bond motifs is 2. The van der Waals surface area contributed by atoms with Crippen LogP contribution in [0.4, 0.5) is 5.69 Å². The number of hydrogen-bond donors (Lipinski definition) is 1. The van der Waals surface area contributed by atoms with Crippen molar-refractivity contribution < 1.29 is 4.79 Å². The van der Waals surface area contributed by atoms with E-state index in [4.69, 9.17) is 0 Å². The molecule has 1 aromatic heterocycles. The van der Waals surface area contributed by atoms with Crippen LogP contribution in [0.25, 0.3) is 11.4 Å². The van der Waals surface area contributed by atoms with Crippen molar-refractivity contribution in [1.29, 1.82) is 0 Å². The molecule has 1 atom stereocenters. The van der Waals surface area contributed by atoms with Crippen molar-refractivity contribution in [2.75, 3.05) is 24.5 Å². The fraction of sp³-hybridized carbons (Fsp3) is 0.400. The maximum atomic E-state index is 13.0. The van der Waals surface area contributed by atoms with Crippen LogP contribution in [0.2, 0.25) is 0 Å². The Balaban J connectivity index is 1.19. The fourth-order valence-electron chi connectivity index (χ4n) is 4.87. The number of carbonyl (C=O) groups is 1. The molecule has 0 aliphatic carbocycles. The van der Waals surface area contributed by atoms with Gasteiger partial charge in [-0.1, -0.05) is 48.5 Å². The highest BCUT2D eigenvalue weighted by Crippen LogP contribution is 2.30. The summed E-state index contributed by atoms with van der Waals surface area (Å²) in [5, 5.41) is 12.0. The molecule has 1 N–H and O–H groups in total. The molecule has 0 saturated heterocycles. The topological polar surface area (TPSA) is 63.1 Å². The Kier molecular flexibility index (Phi) is 5.69. The van der Waals surface area contributed by atoms with Crippen molar-refractivity contribution in [2.24, 2.45) is 0 Å². The van der Waals surface area contributed by atoms with Crippen LogP contribution in [0.3, 0.4) is 0 Å². The number of nitrogens with one attached hydrogen (secondary N) is 1. The van der Waals surface area contributed by atoms with Gasteiger partial charge in [-0.15, -0.1) is 10.2 Å². The van der Waals surface area contributed by atoms with Gasteiger partial charge in [0, 0.05) is 37.4 Å². The summed E-state index contributed by atoms with van der Waals surface area (Å²) in [6, 6.07) is 18.8. The van der Waals surface area contributed by atoms with Gasteiger partial charge in [-0.2, -0.15) is 0 Å². The Hall–Kier alpha value is -3.15. The predicted molar refractivity (Wildman–Crippen MR) is 122 cm³/mol. The normalized spacial score (nSPS) is 17.7. The molecule has 0 spiro atoms. The van der Waals surface area contributed by atoms with Crippen LogP contribution < -0.4 is 10.2 Å². The first-order valence-corrected chi connectivity index (χ1v) is 11.4. The molecule has 6 heteroatoms. The minimum Gasteiger partial charge on any atom is -0.371 e. The van der Waals surface area contributed by atoms with Crippen molar-refractivity contribution in [3.63, 3.8) is 0 Å². The number of hydrogen-bond acceptors (Lipinski definition) is 4. The largest absolute Gasteiger partial charge is 0.371 e. The lowest BCUT2D eigenvalue weighted by Crippen LogP contribution is -2.36. The van der Waals surface area contributed by atoms with E-state index in [1.807, 2.05) is 30.3 Å². The van der Waals surface area contributed by atoms with Crippen LogP contribution in [0.1, 0.15) is 43.0 Å². The molecule has 2 aliphatic rings. The first-order valence-electron chi connectivity index (χ1n) is 11.4. The van der Waals surface area contributed by atoms with Gasteiger partial charge in [-0.3, -0.25) is 4.79 Å². The molecule has 2 aromatic carbocycles. The standard InChI is InChI=1S/C25H29N5O/c31-25(26-15-8-17-29-16-6-12-19-9-4-5-14-22(19)29)21-13-7-18-30-23(27-28-24(21)30)20-10-2-1-3-11-20/h1-5,9-11,14,21H,6-8,12-13,15-18H2,(H,26,31). The van der Waals surface area contributed by atoms with Crippen molar-refractivity contribution in [1.82, 2.24) is 20.1 Å². The molecule has 0 saturated carbocycles. The zero-order chi connectivity index (χ0) is 21.0. The summed E-state index contributed by atoms with van der Waals surface area (Å²) in [7, 11) is 0. The Morgan fingerprint density at radius 1 is 1.00 bits per heavy atom. The Bertz CT molecular complexity index is 1050. The lowest BCUT2D eigenvalue weighted by Gasteiger charge is -2.31. The van der Waals surface area contributed by atoms with E-state index >= 15 is 0 Å². The summed E-state index contributed by atoms with van der Waals surface area (Å²) < 4.78 is 2.12. The van der Waals surface area contributed by atoms with Crippen LogP contribution >= 0.6 is 0 Å². The monoisotopic (exact) mass is 415 g/mol. The molecule has 3 heterocycles. The number of anilines is 1. The first kappa shape index (κ1) is 19.8. The number of rotatable bonds is 6. The van der Waals surface area contributed by atoms with E-state index in [-0.39, 0.29) is 11.8 Å². The molecule has 0 fully saturated rings. The van der Waals surface area contributed by atoms with Crippen molar-refractivity contribution in [3.8, 4) is 11.4 Å². The zero-order valence-electron chi connectivity index (χ0n) is 17.8. The molecule has 1 amide bonds. The first-order chi connectivity index (χ1) is 15.3. The molecular weight excluding hydrogens is 386 g/mol. The summed E-state index contributed by atoms with van der Waals surface area (Å²) in [5.74, 6) is 1.52. The number of carbonyl (C=O) groups excluding carboxylic acids is 1. The molecule has 31 heavy (non-hydrogen) atoms. The molecule has 160 valence electrons. The summed E-state index contributed by atoms with van der Waals surface area (Å²) in [6.07, 6.45) is 5.10. The number of amides is 1. The molecular formula is C25H29N5O. The zero-order valence-corrected chi connectivity index (χ0v) is 17.8. The fourth-order valence-corrected chi connectivity index (χ4v) is 4.87. The number of para-hydroxylation sites is 1. The predicted octanol–water partition coefficient (Wildman–Crippen LogP) is 3.78.